The van der Waals surface area contributed by atoms with Gasteiger partial charge in [-0.3, -0.25) is 4.57 Å². The van der Waals surface area contributed by atoms with Gasteiger partial charge >= 0.3 is 0 Å². The molecule has 230 valence electrons. The monoisotopic (exact) mass is 604 g/mol. The molecule has 4 aromatic carbocycles. The molecule has 0 spiro atoms. The number of hydrogen-bond donors (Lipinski definition) is 0. The molecule has 0 aliphatic heterocycles. The minimum Gasteiger partial charge on any atom is -0.457 e. The second-order valence-electron chi connectivity index (χ2n) is 13.1. The Hall–Kier alpha value is -5.16. The highest BCUT2D eigenvalue weighted by Crippen LogP contribution is 2.38. The summed E-state index contributed by atoms with van der Waals surface area (Å²) in [6.45, 7) is 15.3. The lowest BCUT2D eigenvalue weighted by atomic mass is 9.82. The van der Waals surface area contributed by atoms with Gasteiger partial charge in [0.1, 0.15) is 17.3 Å². The largest absolute Gasteiger partial charge is 0.457 e. The van der Waals surface area contributed by atoms with Gasteiger partial charge in [0, 0.05) is 40.4 Å². The molecule has 5 heteroatoms. The van der Waals surface area contributed by atoms with Gasteiger partial charge in [-0.1, -0.05) is 57.2 Å². The van der Waals surface area contributed by atoms with Crippen LogP contribution in [0.4, 0.5) is 0 Å². The molecule has 0 radical (unpaired) electrons. The molecule has 0 amide bonds. The number of nitrogens with zero attached hydrogens (tertiary/aromatic N) is 4. The lowest BCUT2D eigenvalue weighted by Gasteiger charge is -2.23. The predicted molar refractivity (Wildman–Crippen MR) is 190 cm³/mol. The zero-order valence-electron chi connectivity index (χ0n) is 27.7. The second-order valence-corrected chi connectivity index (χ2v) is 13.1. The van der Waals surface area contributed by atoms with E-state index in [2.05, 4.69) is 138 Å². The van der Waals surface area contributed by atoms with E-state index in [1.54, 1.807) is 0 Å². The number of aromatic nitrogens is 4. The van der Waals surface area contributed by atoms with Crippen molar-refractivity contribution in [3.8, 4) is 34.1 Å². The Bertz CT molecular complexity index is 2240. The molecular weight excluding hydrogens is 564 g/mol. The van der Waals surface area contributed by atoms with Crippen molar-refractivity contribution in [2.75, 3.05) is 0 Å². The molecule has 0 fully saturated rings. The van der Waals surface area contributed by atoms with Gasteiger partial charge in [0.05, 0.1) is 22.4 Å². The molecule has 0 bridgehead atoms. The zero-order chi connectivity index (χ0) is 32.2. The van der Waals surface area contributed by atoms with Gasteiger partial charge in [-0.25, -0.2) is 9.67 Å². The molecule has 0 aliphatic carbocycles. The summed E-state index contributed by atoms with van der Waals surface area (Å²) in [6.07, 6.45) is 2.95. The topological polar surface area (TPSA) is 44.9 Å². The van der Waals surface area contributed by atoms with Crippen molar-refractivity contribution in [1.29, 1.82) is 0 Å². The number of pyridine rings is 1. The fourth-order valence-corrected chi connectivity index (χ4v) is 6.54. The maximum absolute atomic E-state index is 6.62. The van der Waals surface area contributed by atoms with E-state index < -0.39 is 0 Å². The van der Waals surface area contributed by atoms with Crippen molar-refractivity contribution < 1.29 is 4.74 Å². The van der Waals surface area contributed by atoms with Gasteiger partial charge < -0.3 is 4.74 Å². The van der Waals surface area contributed by atoms with Crippen molar-refractivity contribution in [1.82, 2.24) is 19.3 Å². The van der Waals surface area contributed by atoms with Gasteiger partial charge in [-0.05, 0) is 110 Å². The Labute approximate surface area is 271 Å². The predicted octanol–water partition coefficient (Wildman–Crippen LogP) is 10.7. The van der Waals surface area contributed by atoms with Crippen LogP contribution in [0.2, 0.25) is 0 Å². The molecule has 0 saturated carbocycles. The molecule has 0 N–H and O–H groups in total. The van der Waals surface area contributed by atoms with Gasteiger partial charge in [0.15, 0.2) is 0 Å². The molecule has 46 heavy (non-hydrogen) atoms. The van der Waals surface area contributed by atoms with E-state index in [1.807, 2.05) is 23.0 Å². The summed E-state index contributed by atoms with van der Waals surface area (Å²) < 4.78 is 10.9. The van der Waals surface area contributed by atoms with Crippen LogP contribution in [0.25, 0.3) is 44.4 Å². The van der Waals surface area contributed by atoms with E-state index in [9.17, 15) is 0 Å². The summed E-state index contributed by atoms with van der Waals surface area (Å²) >= 11 is 0. The van der Waals surface area contributed by atoms with Crippen molar-refractivity contribution in [2.24, 2.45) is 0 Å². The molecule has 3 aromatic heterocycles. The zero-order valence-corrected chi connectivity index (χ0v) is 27.7. The summed E-state index contributed by atoms with van der Waals surface area (Å²) in [5.41, 5.74) is 11.3. The molecule has 0 unspecified atom stereocenters. The molecular formula is C41H40N4O. The fraction of sp³-hybridized carbons (Fsp3) is 0.220. The Balaban J connectivity index is 1.33. The maximum Gasteiger partial charge on any atom is 0.137 e. The van der Waals surface area contributed by atoms with Crippen molar-refractivity contribution >= 4 is 21.8 Å². The SMILES string of the molecule is CCC(C)(C)c1ccc2c(c1)c1ccc(Oc3cc(C)cc(-n4nc(C)c(-c5ccccc5)c4C)c3)cc1n2-c1cc(C)ccn1. The third-order valence-electron chi connectivity index (χ3n) is 9.40. The van der Waals surface area contributed by atoms with Crippen molar-refractivity contribution in [3.63, 3.8) is 0 Å². The Kier molecular flexibility index (Phi) is 7.28. The number of aryl methyl sites for hydroxylation is 3. The van der Waals surface area contributed by atoms with E-state index in [1.165, 1.54) is 27.5 Å². The summed E-state index contributed by atoms with van der Waals surface area (Å²) in [4.78, 5) is 4.79. The number of benzene rings is 4. The van der Waals surface area contributed by atoms with Crippen LogP contribution in [-0.2, 0) is 5.41 Å². The minimum absolute atomic E-state index is 0.0868. The molecule has 0 atom stereocenters. The van der Waals surface area contributed by atoms with E-state index >= 15 is 0 Å². The molecule has 5 nitrogen and oxygen atoms in total. The highest BCUT2D eigenvalue weighted by molar-refractivity contribution is 6.09. The van der Waals surface area contributed by atoms with Gasteiger partial charge in [0.2, 0.25) is 0 Å². The quantitative estimate of drug-likeness (QED) is 0.182. The number of rotatable bonds is 7. The first-order valence-electron chi connectivity index (χ1n) is 16.1. The molecule has 3 heterocycles. The van der Waals surface area contributed by atoms with E-state index in [-0.39, 0.29) is 5.41 Å². The van der Waals surface area contributed by atoms with E-state index in [0.29, 0.717) is 0 Å². The lowest BCUT2D eigenvalue weighted by molar-refractivity contribution is 0.482. The summed E-state index contributed by atoms with van der Waals surface area (Å²) in [5.74, 6) is 2.44. The van der Waals surface area contributed by atoms with E-state index in [4.69, 9.17) is 14.8 Å². The van der Waals surface area contributed by atoms with Gasteiger partial charge in [-0.2, -0.15) is 5.10 Å². The number of hydrogen-bond acceptors (Lipinski definition) is 3. The first-order chi connectivity index (χ1) is 22.1. The molecule has 0 saturated heterocycles. The minimum atomic E-state index is 0.0868. The normalized spacial score (nSPS) is 11.9. The average Bonchev–Trinajstić information content (AvgIpc) is 3.53. The molecule has 7 aromatic rings. The van der Waals surface area contributed by atoms with E-state index in [0.717, 1.165) is 63.0 Å². The Morgan fingerprint density at radius 1 is 0.717 bits per heavy atom. The van der Waals surface area contributed by atoms with Crippen LogP contribution in [0.3, 0.4) is 0 Å². The van der Waals surface area contributed by atoms with Crippen molar-refractivity contribution in [3.05, 3.63) is 131 Å². The molecule has 0 aliphatic rings. The maximum atomic E-state index is 6.62. The average molecular weight is 605 g/mol. The first kappa shape index (κ1) is 29.5. The highest BCUT2D eigenvalue weighted by Gasteiger charge is 2.22. The van der Waals surface area contributed by atoms with Gasteiger partial charge in [-0.15, -0.1) is 0 Å². The summed E-state index contributed by atoms with van der Waals surface area (Å²) in [5, 5.41) is 7.35. The van der Waals surface area contributed by atoms with Crippen LogP contribution in [0, 0.1) is 27.7 Å². The van der Waals surface area contributed by atoms with Crippen LogP contribution in [-0.4, -0.2) is 19.3 Å². The number of ether oxygens (including phenoxy) is 1. The first-order valence-corrected chi connectivity index (χ1v) is 16.1. The van der Waals surface area contributed by atoms with Crippen molar-refractivity contribution in [2.45, 2.75) is 60.3 Å². The van der Waals surface area contributed by atoms with Crippen LogP contribution < -0.4 is 4.74 Å². The third kappa shape index (κ3) is 5.16. The third-order valence-corrected chi connectivity index (χ3v) is 9.40. The fourth-order valence-electron chi connectivity index (χ4n) is 6.54. The standard InChI is InChI=1S/C41H40N4O/c1-8-41(6,7)31-14-17-37-36(23-31)35-16-15-33(25-38(35)44(37)39-22-26(2)18-19-42-39)46-34-21-27(3)20-32(24-34)45-29(5)40(28(4)43-45)30-12-10-9-11-13-30/h9-25H,8H2,1-7H3. The Morgan fingerprint density at radius 2 is 1.52 bits per heavy atom. The molecule has 7 rings (SSSR count). The van der Waals surface area contributed by atoms with Crippen LogP contribution >= 0.6 is 0 Å². The summed E-state index contributed by atoms with van der Waals surface area (Å²) in [6, 6.07) is 34.2. The van der Waals surface area contributed by atoms with Crippen LogP contribution in [0.1, 0.15) is 55.3 Å². The van der Waals surface area contributed by atoms with Gasteiger partial charge in [0.25, 0.3) is 0 Å². The Morgan fingerprint density at radius 3 is 2.28 bits per heavy atom. The van der Waals surface area contributed by atoms with Crippen LogP contribution in [0.15, 0.2) is 103 Å². The number of fused-ring (bicyclic) bond motifs is 3. The lowest BCUT2D eigenvalue weighted by Crippen LogP contribution is -2.15. The summed E-state index contributed by atoms with van der Waals surface area (Å²) in [7, 11) is 0. The second kappa shape index (κ2) is 11.3. The van der Waals surface area contributed by atoms with Crippen LogP contribution in [0.5, 0.6) is 11.5 Å². The smallest absolute Gasteiger partial charge is 0.137 e. The highest BCUT2D eigenvalue weighted by atomic mass is 16.5.